The molecule has 1 unspecified atom stereocenters. The van der Waals surface area contributed by atoms with E-state index >= 15 is 0 Å². The number of hydrogen-bond acceptors (Lipinski definition) is 4. The Balaban J connectivity index is 1.56. The highest BCUT2D eigenvalue weighted by molar-refractivity contribution is 4.84. The van der Waals surface area contributed by atoms with E-state index in [1.807, 2.05) is 0 Å². The Morgan fingerprint density at radius 1 is 1.59 bits per heavy atom. The Bertz CT molecular complexity index is 320. The SMILES string of the molecule is CCn1cnnc1CNCCCC1CCCO1. The lowest BCUT2D eigenvalue weighted by Crippen LogP contribution is -2.19. The van der Waals surface area contributed by atoms with Crippen LogP contribution in [0.4, 0.5) is 0 Å². The second-order valence-corrected chi connectivity index (χ2v) is 4.49. The van der Waals surface area contributed by atoms with Gasteiger partial charge in [0.2, 0.25) is 0 Å². The van der Waals surface area contributed by atoms with Crippen molar-refractivity contribution in [2.75, 3.05) is 13.2 Å². The maximum absolute atomic E-state index is 5.59. The highest BCUT2D eigenvalue weighted by Crippen LogP contribution is 2.16. The van der Waals surface area contributed by atoms with Gasteiger partial charge >= 0.3 is 0 Å². The summed E-state index contributed by atoms with van der Waals surface area (Å²) in [5.41, 5.74) is 0. The zero-order valence-electron chi connectivity index (χ0n) is 10.6. The average molecular weight is 238 g/mol. The second-order valence-electron chi connectivity index (χ2n) is 4.49. The summed E-state index contributed by atoms with van der Waals surface area (Å²) >= 11 is 0. The molecule has 1 saturated heterocycles. The van der Waals surface area contributed by atoms with Crippen LogP contribution in [0.15, 0.2) is 6.33 Å². The second kappa shape index (κ2) is 6.71. The number of aromatic nitrogens is 3. The topological polar surface area (TPSA) is 52.0 Å². The van der Waals surface area contributed by atoms with Crippen LogP contribution in [-0.4, -0.2) is 34.0 Å². The standard InChI is InChI=1S/C12H22N4O/c1-2-16-10-14-15-12(16)9-13-7-3-5-11-6-4-8-17-11/h10-11,13H,2-9H2,1H3. The molecule has 5 nitrogen and oxygen atoms in total. The van der Waals surface area contributed by atoms with E-state index in [4.69, 9.17) is 4.74 Å². The summed E-state index contributed by atoms with van der Waals surface area (Å²) in [6.45, 7) is 5.82. The van der Waals surface area contributed by atoms with Gasteiger partial charge in [0.25, 0.3) is 0 Å². The van der Waals surface area contributed by atoms with Crippen LogP contribution >= 0.6 is 0 Å². The molecule has 0 spiro atoms. The molecule has 0 bridgehead atoms. The number of rotatable bonds is 7. The lowest BCUT2D eigenvalue weighted by Gasteiger charge is -2.09. The molecule has 96 valence electrons. The van der Waals surface area contributed by atoms with Gasteiger partial charge in [0.1, 0.15) is 12.2 Å². The molecule has 1 fully saturated rings. The van der Waals surface area contributed by atoms with Gasteiger partial charge < -0.3 is 14.6 Å². The van der Waals surface area contributed by atoms with Crippen molar-refractivity contribution < 1.29 is 4.74 Å². The fourth-order valence-electron chi connectivity index (χ4n) is 2.21. The van der Waals surface area contributed by atoms with Crippen LogP contribution in [0.3, 0.4) is 0 Å². The van der Waals surface area contributed by atoms with Crippen LogP contribution in [0, 0.1) is 0 Å². The van der Waals surface area contributed by atoms with Crippen LogP contribution in [0.25, 0.3) is 0 Å². The third kappa shape index (κ3) is 3.78. The molecule has 5 heteroatoms. The largest absolute Gasteiger partial charge is 0.378 e. The molecule has 0 radical (unpaired) electrons. The molecule has 1 aromatic heterocycles. The monoisotopic (exact) mass is 238 g/mol. The Morgan fingerprint density at radius 2 is 2.53 bits per heavy atom. The van der Waals surface area contributed by atoms with E-state index in [0.717, 1.165) is 32.1 Å². The van der Waals surface area contributed by atoms with Gasteiger partial charge in [-0.1, -0.05) is 0 Å². The molecule has 0 amide bonds. The maximum atomic E-state index is 5.59. The summed E-state index contributed by atoms with van der Waals surface area (Å²) in [4.78, 5) is 0. The molecule has 1 aromatic rings. The summed E-state index contributed by atoms with van der Waals surface area (Å²) in [6.07, 6.45) is 7.11. The third-order valence-electron chi connectivity index (χ3n) is 3.22. The third-order valence-corrected chi connectivity index (χ3v) is 3.22. The quantitative estimate of drug-likeness (QED) is 0.728. The summed E-state index contributed by atoms with van der Waals surface area (Å²) in [5.74, 6) is 1.02. The first-order valence-electron chi connectivity index (χ1n) is 6.59. The van der Waals surface area contributed by atoms with Gasteiger partial charge in [0.05, 0.1) is 12.6 Å². The first-order valence-corrected chi connectivity index (χ1v) is 6.59. The van der Waals surface area contributed by atoms with Gasteiger partial charge in [-0.3, -0.25) is 0 Å². The fourth-order valence-corrected chi connectivity index (χ4v) is 2.21. The lowest BCUT2D eigenvalue weighted by molar-refractivity contribution is 0.102. The number of ether oxygens (including phenoxy) is 1. The van der Waals surface area contributed by atoms with Gasteiger partial charge in [-0.05, 0) is 39.2 Å². The van der Waals surface area contributed by atoms with Crippen molar-refractivity contribution >= 4 is 0 Å². The van der Waals surface area contributed by atoms with E-state index in [1.165, 1.54) is 25.7 Å². The Labute approximate surface area is 103 Å². The first kappa shape index (κ1) is 12.5. The van der Waals surface area contributed by atoms with Gasteiger partial charge in [-0.25, -0.2) is 0 Å². The molecule has 2 rings (SSSR count). The van der Waals surface area contributed by atoms with Crippen LogP contribution in [-0.2, 0) is 17.8 Å². The van der Waals surface area contributed by atoms with Gasteiger partial charge in [-0.15, -0.1) is 10.2 Å². The number of aryl methyl sites for hydroxylation is 1. The maximum Gasteiger partial charge on any atom is 0.146 e. The van der Waals surface area contributed by atoms with Crippen LogP contribution in [0.5, 0.6) is 0 Å². The van der Waals surface area contributed by atoms with E-state index in [9.17, 15) is 0 Å². The van der Waals surface area contributed by atoms with Crippen molar-refractivity contribution in [2.24, 2.45) is 0 Å². The van der Waals surface area contributed by atoms with Crippen molar-refractivity contribution in [1.82, 2.24) is 20.1 Å². The van der Waals surface area contributed by atoms with E-state index in [0.29, 0.717) is 6.10 Å². The van der Waals surface area contributed by atoms with Crippen LogP contribution < -0.4 is 5.32 Å². The van der Waals surface area contributed by atoms with Crippen molar-refractivity contribution in [3.8, 4) is 0 Å². The Morgan fingerprint density at radius 3 is 3.29 bits per heavy atom. The molecule has 1 atom stereocenters. The molecule has 2 heterocycles. The summed E-state index contributed by atoms with van der Waals surface area (Å²) in [7, 11) is 0. The van der Waals surface area contributed by atoms with E-state index < -0.39 is 0 Å². The predicted octanol–water partition coefficient (Wildman–Crippen LogP) is 1.35. The molecule has 1 N–H and O–H groups in total. The number of hydrogen-bond donors (Lipinski definition) is 1. The summed E-state index contributed by atoms with van der Waals surface area (Å²) < 4.78 is 7.65. The van der Waals surface area contributed by atoms with Crippen molar-refractivity contribution in [1.29, 1.82) is 0 Å². The van der Waals surface area contributed by atoms with Gasteiger partial charge in [0, 0.05) is 13.2 Å². The van der Waals surface area contributed by atoms with Crippen LogP contribution in [0.1, 0.15) is 38.4 Å². The van der Waals surface area contributed by atoms with Gasteiger partial charge in [0.15, 0.2) is 0 Å². The van der Waals surface area contributed by atoms with Crippen molar-refractivity contribution in [3.05, 3.63) is 12.2 Å². The summed E-state index contributed by atoms with van der Waals surface area (Å²) in [5, 5.41) is 11.4. The molecule has 0 aromatic carbocycles. The van der Waals surface area contributed by atoms with E-state index in [2.05, 4.69) is 27.0 Å². The minimum atomic E-state index is 0.510. The zero-order valence-corrected chi connectivity index (χ0v) is 10.6. The Hall–Kier alpha value is -0.940. The van der Waals surface area contributed by atoms with Gasteiger partial charge in [-0.2, -0.15) is 0 Å². The molecular weight excluding hydrogens is 216 g/mol. The first-order chi connectivity index (χ1) is 8.40. The minimum Gasteiger partial charge on any atom is -0.378 e. The van der Waals surface area contributed by atoms with Crippen molar-refractivity contribution in [2.45, 2.75) is 51.8 Å². The molecule has 1 aliphatic heterocycles. The normalized spacial score (nSPS) is 19.9. The highest BCUT2D eigenvalue weighted by Gasteiger charge is 2.14. The van der Waals surface area contributed by atoms with Crippen LogP contribution in [0.2, 0.25) is 0 Å². The van der Waals surface area contributed by atoms with E-state index in [-0.39, 0.29) is 0 Å². The average Bonchev–Trinajstić information content (AvgIpc) is 2.98. The lowest BCUT2D eigenvalue weighted by atomic mass is 10.1. The smallest absolute Gasteiger partial charge is 0.146 e. The Kier molecular flexibility index (Phi) is 4.94. The molecule has 0 aliphatic carbocycles. The molecule has 1 aliphatic rings. The van der Waals surface area contributed by atoms with Crippen molar-refractivity contribution in [3.63, 3.8) is 0 Å². The minimum absolute atomic E-state index is 0.510. The molecule has 17 heavy (non-hydrogen) atoms. The highest BCUT2D eigenvalue weighted by atomic mass is 16.5. The number of nitrogens with one attached hydrogen (secondary N) is 1. The number of nitrogens with zero attached hydrogens (tertiary/aromatic N) is 3. The fraction of sp³-hybridized carbons (Fsp3) is 0.833. The predicted molar refractivity (Wildman–Crippen MR) is 65.6 cm³/mol. The zero-order chi connectivity index (χ0) is 11.9. The van der Waals surface area contributed by atoms with E-state index in [1.54, 1.807) is 6.33 Å². The summed E-state index contributed by atoms with van der Waals surface area (Å²) in [6, 6.07) is 0. The molecular formula is C12H22N4O. The molecule has 0 saturated carbocycles.